The number of aliphatic carboxylic acids is 1. The summed E-state index contributed by atoms with van der Waals surface area (Å²) in [6, 6.07) is -5.07. The molecule has 0 bridgehead atoms. The zero-order valence-corrected chi connectivity index (χ0v) is 19.2. The van der Waals surface area contributed by atoms with E-state index in [4.69, 9.17) is 11.5 Å². The molecule has 6 atom stereocenters. The van der Waals surface area contributed by atoms with Crippen molar-refractivity contribution in [2.45, 2.75) is 89.8 Å². The SMILES string of the molecule is CC(C)CC(NC(=O)C(NC(=O)C(NC(=O)C(N)CCCCN)C(C)O)C(C)O)C(=O)O. The van der Waals surface area contributed by atoms with Crippen LogP contribution in [0.4, 0.5) is 0 Å². The van der Waals surface area contributed by atoms with E-state index in [1.165, 1.54) is 13.8 Å². The van der Waals surface area contributed by atoms with Crippen LogP contribution in [0, 0.1) is 5.92 Å². The Kier molecular flexibility index (Phi) is 13.7. The number of hydrogen-bond donors (Lipinski definition) is 8. The third-order valence-corrected chi connectivity index (χ3v) is 4.75. The summed E-state index contributed by atoms with van der Waals surface area (Å²) in [5.74, 6) is -3.78. The first-order valence-corrected chi connectivity index (χ1v) is 10.8. The molecule has 0 aliphatic rings. The maximum Gasteiger partial charge on any atom is 0.326 e. The van der Waals surface area contributed by atoms with Gasteiger partial charge in [-0.15, -0.1) is 0 Å². The van der Waals surface area contributed by atoms with Crippen LogP contribution in [0.2, 0.25) is 0 Å². The average Bonchev–Trinajstić information content (AvgIpc) is 2.68. The van der Waals surface area contributed by atoms with Crippen molar-refractivity contribution in [1.29, 1.82) is 0 Å². The lowest BCUT2D eigenvalue weighted by Gasteiger charge is -2.27. The minimum atomic E-state index is -1.51. The topological polar surface area (TPSA) is 217 Å². The number of rotatable bonds is 15. The van der Waals surface area contributed by atoms with E-state index in [0.717, 1.165) is 0 Å². The molecule has 0 aromatic carbocycles. The van der Waals surface area contributed by atoms with Crippen molar-refractivity contribution < 1.29 is 34.5 Å². The van der Waals surface area contributed by atoms with Gasteiger partial charge in [-0.05, 0) is 45.6 Å². The van der Waals surface area contributed by atoms with E-state index in [1.54, 1.807) is 13.8 Å². The quantitative estimate of drug-likeness (QED) is 0.124. The molecule has 6 unspecified atom stereocenters. The van der Waals surface area contributed by atoms with Crippen LogP contribution in [0.3, 0.4) is 0 Å². The molecule has 0 aliphatic heterocycles. The number of aliphatic hydroxyl groups excluding tert-OH is 2. The van der Waals surface area contributed by atoms with E-state index in [9.17, 15) is 34.5 Å². The van der Waals surface area contributed by atoms with Crippen LogP contribution < -0.4 is 27.4 Å². The zero-order valence-electron chi connectivity index (χ0n) is 19.2. The summed E-state index contributed by atoms with van der Waals surface area (Å²) in [7, 11) is 0. The fourth-order valence-electron chi connectivity index (χ4n) is 2.91. The first-order chi connectivity index (χ1) is 14.8. The van der Waals surface area contributed by atoms with Gasteiger partial charge in [0, 0.05) is 0 Å². The number of carbonyl (C=O) groups is 4. The molecule has 0 fully saturated rings. The minimum absolute atomic E-state index is 0.0279. The van der Waals surface area contributed by atoms with Gasteiger partial charge in [0.1, 0.15) is 18.1 Å². The number of aliphatic hydroxyl groups is 2. The van der Waals surface area contributed by atoms with Crippen molar-refractivity contribution in [2.24, 2.45) is 17.4 Å². The van der Waals surface area contributed by atoms with Gasteiger partial charge in [0.2, 0.25) is 17.7 Å². The van der Waals surface area contributed by atoms with Crippen LogP contribution in [0.5, 0.6) is 0 Å². The van der Waals surface area contributed by atoms with Gasteiger partial charge in [-0.1, -0.05) is 20.3 Å². The third kappa shape index (κ3) is 10.8. The van der Waals surface area contributed by atoms with Crippen LogP contribution >= 0.6 is 0 Å². The van der Waals surface area contributed by atoms with Gasteiger partial charge in [-0.25, -0.2) is 4.79 Å². The lowest BCUT2D eigenvalue weighted by atomic mass is 10.0. The Morgan fingerprint density at radius 3 is 1.69 bits per heavy atom. The van der Waals surface area contributed by atoms with E-state index in [0.29, 0.717) is 25.8 Å². The van der Waals surface area contributed by atoms with Gasteiger partial charge < -0.3 is 42.7 Å². The van der Waals surface area contributed by atoms with Crippen molar-refractivity contribution in [3.63, 3.8) is 0 Å². The highest BCUT2D eigenvalue weighted by atomic mass is 16.4. The summed E-state index contributed by atoms with van der Waals surface area (Å²) in [6.45, 7) is 6.53. The Hall–Kier alpha value is -2.28. The molecule has 12 heteroatoms. The van der Waals surface area contributed by atoms with Gasteiger partial charge >= 0.3 is 5.97 Å². The second-order valence-electron chi connectivity index (χ2n) is 8.37. The maximum atomic E-state index is 12.7. The van der Waals surface area contributed by atoms with Crippen LogP contribution in [-0.2, 0) is 19.2 Å². The minimum Gasteiger partial charge on any atom is -0.480 e. The molecule has 3 amide bonds. The second kappa shape index (κ2) is 14.7. The van der Waals surface area contributed by atoms with Crippen molar-refractivity contribution in [3.8, 4) is 0 Å². The zero-order chi connectivity index (χ0) is 25.0. The first kappa shape index (κ1) is 29.7. The van der Waals surface area contributed by atoms with Crippen LogP contribution in [-0.4, -0.2) is 81.9 Å². The van der Waals surface area contributed by atoms with Gasteiger partial charge in [0.05, 0.1) is 18.2 Å². The highest BCUT2D eigenvalue weighted by Gasteiger charge is 2.34. The van der Waals surface area contributed by atoms with Gasteiger partial charge in [0.15, 0.2) is 0 Å². The fraction of sp³-hybridized carbons (Fsp3) is 0.800. The number of amides is 3. The normalized spacial score (nSPS) is 16.9. The van der Waals surface area contributed by atoms with E-state index in [-0.39, 0.29) is 12.3 Å². The summed E-state index contributed by atoms with van der Waals surface area (Å²) in [6.07, 6.45) is -0.932. The Balaban J connectivity index is 5.26. The number of hydrogen-bond acceptors (Lipinski definition) is 8. The van der Waals surface area contributed by atoms with Crippen LogP contribution in [0.25, 0.3) is 0 Å². The number of nitrogens with one attached hydrogen (secondary N) is 3. The molecule has 0 heterocycles. The molecule has 0 radical (unpaired) electrons. The molecule has 32 heavy (non-hydrogen) atoms. The molecular formula is C20H39N5O7. The Morgan fingerprint density at radius 2 is 1.28 bits per heavy atom. The molecule has 0 spiro atoms. The Bertz CT molecular complexity index is 627. The monoisotopic (exact) mass is 461 g/mol. The summed E-state index contributed by atoms with van der Waals surface area (Å²) in [5.41, 5.74) is 11.2. The highest BCUT2D eigenvalue weighted by Crippen LogP contribution is 2.07. The lowest BCUT2D eigenvalue weighted by Crippen LogP contribution is -2.61. The maximum absolute atomic E-state index is 12.7. The van der Waals surface area contributed by atoms with Gasteiger partial charge in [-0.2, -0.15) is 0 Å². The molecule has 0 aromatic heterocycles. The van der Waals surface area contributed by atoms with Crippen molar-refractivity contribution >= 4 is 23.7 Å². The van der Waals surface area contributed by atoms with Gasteiger partial charge in [0.25, 0.3) is 0 Å². The molecular weight excluding hydrogens is 422 g/mol. The van der Waals surface area contributed by atoms with Crippen molar-refractivity contribution in [1.82, 2.24) is 16.0 Å². The average molecular weight is 462 g/mol. The molecule has 0 saturated carbocycles. The highest BCUT2D eigenvalue weighted by molar-refractivity contribution is 5.94. The van der Waals surface area contributed by atoms with Crippen molar-refractivity contribution in [3.05, 3.63) is 0 Å². The van der Waals surface area contributed by atoms with Crippen LogP contribution in [0.15, 0.2) is 0 Å². The number of nitrogens with two attached hydrogens (primary N) is 2. The molecule has 0 aliphatic carbocycles. The van der Waals surface area contributed by atoms with E-state index in [2.05, 4.69) is 16.0 Å². The number of carboxylic acid groups (broad SMARTS) is 1. The summed E-state index contributed by atoms with van der Waals surface area (Å²) in [5, 5.41) is 36.1. The molecule has 186 valence electrons. The summed E-state index contributed by atoms with van der Waals surface area (Å²) >= 11 is 0. The molecule has 0 saturated heterocycles. The van der Waals surface area contributed by atoms with Crippen molar-refractivity contribution in [2.75, 3.05) is 6.54 Å². The number of unbranched alkanes of at least 4 members (excludes halogenated alkanes) is 1. The number of carboxylic acids is 1. The smallest absolute Gasteiger partial charge is 0.326 e. The molecule has 0 rings (SSSR count). The van der Waals surface area contributed by atoms with E-state index in [1.807, 2.05) is 0 Å². The lowest BCUT2D eigenvalue weighted by molar-refractivity contribution is -0.143. The molecule has 0 aromatic rings. The molecule has 12 nitrogen and oxygen atoms in total. The Morgan fingerprint density at radius 1 is 0.812 bits per heavy atom. The second-order valence-corrected chi connectivity index (χ2v) is 8.37. The predicted octanol–water partition coefficient (Wildman–Crippen LogP) is -2.21. The summed E-state index contributed by atoms with van der Waals surface area (Å²) < 4.78 is 0. The van der Waals surface area contributed by atoms with E-state index >= 15 is 0 Å². The first-order valence-electron chi connectivity index (χ1n) is 10.8. The number of carbonyl (C=O) groups excluding carboxylic acids is 3. The largest absolute Gasteiger partial charge is 0.480 e. The molecule has 10 N–H and O–H groups in total. The van der Waals surface area contributed by atoms with Crippen LogP contribution in [0.1, 0.15) is 53.4 Å². The standard InChI is InChI=1S/C20H39N5O7/c1-10(2)9-14(20(31)32)23-18(29)15(11(3)26)25-19(30)16(12(4)27)24-17(28)13(22)7-5-6-8-21/h10-16,26-27H,5-9,21-22H2,1-4H3,(H,23,29)(H,24,28)(H,25,30)(H,31,32). The van der Waals surface area contributed by atoms with E-state index < -0.39 is 60.1 Å². The van der Waals surface area contributed by atoms with Gasteiger partial charge in [-0.3, -0.25) is 14.4 Å². The Labute approximate surface area is 188 Å². The predicted molar refractivity (Wildman–Crippen MR) is 117 cm³/mol. The summed E-state index contributed by atoms with van der Waals surface area (Å²) in [4.78, 5) is 48.9. The third-order valence-electron chi connectivity index (χ3n) is 4.75. The fourth-order valence-corrected chi connectivity index (χ4v) is 2.91.